The lowest BCUT2D eigenvalue weighted by atomic mass is 9.89. The summed E-state index contributed by atoms with van der Waals surface area (Å²) in [7, 11) is 0. The summed E-state index contributed by atoms with van der Waals surface area (Å²) in [5, 5.41) is 10.2. The number of anilines is 1. The minimum absolute atomic E-state index is 0.306. The average Bonchev–Trinajstić information content (AvgIpc) is 2.29. The van der Waals surface area contributed by atoms with Gasteiger partial charge in [-0.3, -0.25) is 0 Å². The molecule has 0 spiro atoms. The van der Waals surface area contributed by atoms with Crippen LogP contribution in [0.1, 0.15) is 24.5 Å². The largest absolute Gasteiger partial charge is 0.399 e. The van der Waals surface area contributed by atoms with Crippen molar-refractivity contribution in [3.63, 3.8) is 0 Å². The van der Waals surface area contributed by atoms with E-state index in [1.165, 1.54) is 0 Å². The summed E-state index contributed by atoms with van der Waals surface area (Å²) in [4.78, 5) is 0. The van der Waals surface area contributed by atoms with Crippen LogP contribution < -0.4 is 5.73 Å². The zero-order valence-corrected chi connectivity index (χ0v) is 8.73. The number of aliphatic hydroxyl groups is 1. The van der Waals surface area contributed by atoms with Crippen LogP contribution in [-0.4, -0.2) is 18.3 Å². The molecule has 1 aromatic rings. The summed E-state index contributed by atoms with van der Waals surface area (Å²) >= 11 is 0. The Labute approximate surface area is 89.9 Å². The molecule has 0 radical (unpaired) electrons. The Balaban J connectivity index is 2.08. The van der Waals surface area contributed by atoms with Crippen LogP contribution in [0, 0.1) is 5.92 Å². The molecule has 1 aliphatic rings. The summed E-state index contributed by atoms with van der Waals surface area (Å²) in [5.74, 6) is 0.306. The molecule has 1 atom stereocenters. The summed E-state index contributed by atoms with van der Waals surface area (Å²) in [6.07, 6.45) is 1.45. The summed E-state index contributed by atoms with van der Waals surface area (Å²) in [6, 6.07) is 7.49. The molecule has 3 N–H and O–H groups in total. The fraction of sp³-hybridized carbons (Fsp3) is 0.500. The average molecular weight is 207 g/mol. The lowest BCUT2D eigenvalue weighted by Gasteiger charge is -2.27. The third-order valence-corrected chi connectivity index (χ3v) is 2.96. The molecule has 1 aliphatic heterocycles. The van der Waals surface area contributed by atoms with Crippen LogP contribution in [-0.2, 0) is 4.74 Å². The van der Waals surface area contributed by atoms with Crippen LogP contribution in [0.5, 0.6) is 0 Å². The van der Waals surface area contributed by atoms with E-state index in [9.17, 15) is 5.11 Å². The van der Waals surface area contributed by atoms with Gasteiger partial charge in [-0.05, 0) is 36.5 Å². The van der Waals surface area contributed by atoms with Crippen LogP contribution >= 0.6 is 0 Å². The fourth-order valence-electron chi connectivity index (χ4n) is 2.05. The second-order valence-corrected chi connectivity index (χ2v) is 4.06. The van der Waals surface area contributed by atoms with Crippen LogP contribution in [0.3, 0.4) is 0 Å². The molecule has 0 amide bonds. The molecule has 0 bridgehead atoms. The Hall–Kier alpha value is -1.06. The minimum atomic E-state index is -0.405. The van der Waals surface area contributed by atoms with Gasteiger partial charge in [-0.15, -0.1) is 0 Å². The molecule has 82 valence electrons. The first-order chi connectivity index (χ1) is 7.27. The van der Waals surface area contributed by atoms with Gasteiger partial charge in [-0.25, -0.2) is 0 Å². The molecule has 15 heavy (non-hydrogen) atoms. The molecule has 0 saturated carbocycles. The number of aliphatic hydroxyl groups excluding tert-OH is 1. The standard InChI is InChI=1S/C12H17NO2/c13-11-3-1-2-10(8-11)12(14)9-4-6-15-7-5-9/h1-3,8-9,12,14H,4-7,13H2. The van der Waals surface area contributed by atoms with E-state index in [1.54, 1.807) is 0 Å². The molecule has 0 aliphatic carbocycles. The number of hydrogen-bond acceptors (Lipinski definition) is 3. The molecule has 3 nitrogen and oxygen atoms in total. The molecule has 1 saturated heterocycles. The highest BCUT2D eigenvalue weighted by Crippen LogP contribution is 2.30. The third-order valence-electron chi connectivity index (χ3n) is 2.96. The second kappa shape index (κ2) is 4.64. The Kier molecular flexibility index (Phi) is 3.23. The van der Waals surface area contributed by atoms with Gasteiger partial charge >= 0.3 is 0 Å². The number of ether oxygens (including phenoxy) is 1. The zero-order chi connectivity index (χ0) is 10.7. The van der Waals surface area contributed by atoms with Crippen molar-refractivity contribution < 1.29 is 9.84 Å². The lowest BCUT2D eigenvalue weighted by Crippen LogP contribution is -2.21. The Morgan fingerprint density at radius 3 is 2.73 bits per heavy atom. The van der Waals surface area contributed by atoms with Crippen molar-refractivity contribution in [1.29, 1.82) is 0 Å². The van der Waals surface area contributed by atoms with Gasteiger partial charge in [0.2, 0.25) is 0 Å². The molecule has 0 aromatic heterocycles. The minimum Gasteiger partial charge on any atom is -0.399 e. The molecule has 1 unspecified atom stereocenters. The van der Waals surface area contributed by atoms with Gasteiger partial charge in [-0.2, -0.15) is 0 Å². The van der Waals surface area contributed by atoms with Crippen LogP contribution in [0.25, 0.3) is 0 Å². The van der Waals surface area contributed by atoms with Crippen molar-refractivity contribution in [2.75, 3.05) is 18.9 Å². The normalized spacial score (nSPS) is 20.1. The Morgan fingerprint density at radius 2 is 2.07 bits per heavy atom. The van der Waals surface area contributed by atoms with E-state index in [0.29, 0.717) is 11.6 Å². The molecule has 1 fully saturated rings. The highest BCUT2D eigenvalue weighted by Gasteiger charge is 2.23. The number of nitrogens with two attached hydrogens (primary N) is 1. The van der Waals surface area contributed by atoms with Gasteiger partial charge in [-0.1, -0.05) is 12.1 Å². The topological polar surface area (TPSA) is 55.5 Å². The van der Waals surface area contributed by atoms with Gasteiger partial charge in [0.1, 0.15) is 0 Å². The first-order valence-corrected chi connectivity index (χ1v) is 5.38. The van der Waals surface area contributed by atoms with Crippen molar-refractivity contribution in [3.8, 4) is 0 Å². The first-order valence-electron chi connectivity index (χ1n) is 5.38. The van der Waals surface area contributed by atoms with E-state index in [4.69, 9.17) is 10.5 Å². The van der Waals surface area contributed by atoms with Crippen molar-refractivity contribution in [1.82, 2.24) is 0 Å². The Bertz CT molecular complexity index is 321. The molecular formula is C12H17NO2. The Morgan fingerprint density at radius 1 is 1.33 bits per heavy atom. The lowest BCUT2D eigenvalue weighted by molar-refractivity contribution is 0.00721. The van der Waals surface area contributed by atoms with E-state index in [-0.39, 0.29) is 0 Å². The molecule has 1 aromatic carbocycles. The molecule has 2 rings (SSSR count). The van der Waals surface area contributed by atoms with Crippen LogP contribution in [0.4, 0.5) is 5.69 Å². The van der Waals surface area contributed by atoms with Crippen molar-refractivity contribution >= 4 is 5.69 Å². The monoisotopic (exact) mass is 207 g/mol. The summed E-state index contributed by atoms with van der Waals surface area (Å²) in [6.45, 7) is 1.51. The van der Waals surface area contributed by atoms with E-state index < -0.39 is 6.10 Å². The summed E-state index contributed by atoms with van der Waals surface area (Å²) < 4.78 is 5.27. The molecule has 1 heterocycles. The van der Waals surface area contributed by atoms with Crippen molar-refractivity contribution in [3.05, 3.63) is 29.8 Å². The highest BCUT2D eigenvalue weighted by molar-refractivity contribution is 5.41. The highest BCUT2D eigenvalue weighted by atomic mass is 16.5. The second-order valence-electron chi connectivity index (χ2n) is 4.06. The quantitative estimate of drug-likeness (QED) is 0.726. The predicted octanol–water partition coefficient (Wildman–Crippen LogP) is 1.73. The van der Waals surface area contributed by atoms with Gasteiger partial charge in [0, 0.05) is 18.9 Å². The fourth-order valence-corrected chi connectivity index (χ4v) is 2.05. The maximum Gasteiger partial charge on any atom is 0.0820 e. The van der Waals surface area contributed by atoms with Gasteiger partial charge in [0.25, 0.3) is 0 Å². The summed E-state index contributed by atoms with van der Waals surface area (Å²) in [5.41, 5.74) is 7.32. The van der Waals surface area contributed by atoms with Gasteiger partial charge in [0.05, 0.1) is 6.10 Å². The molecular weight excluding hydrogens is 190 g/mol. The van der Waals surface area contributed by atoms with E-state index in [2.05, 4.69) is 0 Å². The number of nitrogen functional groups attached to an aromatic ring is 1. The third kappa shape index (κ3) is 2.49. The zero-order valence-electron chi connectivity index (χ0n) is 8.73. The predicted molar refractivity (Wildman–Crippen MR) is 59.4 cm³/mol. The number of rotatable bonds is 2. The number of benzene rings is 1. The SMILES string of the molecule is Nc1cccc(C(O)C2CCOCC2)c1. The van der Waals surface area contributed by atoms with Crippen molar-refractivity contribution in [2.24, 2.45) is 5.92 Å². The number of hydrogen-bond donors (Lipinski definition) is 2. The van der Waals surface area contributed by atoms with Crippen LogP contribution in [0.2, 0.25) is 0 Å². The molecule has 3 heteroatoms. The smallest absolute Gasteiger partial charge is 0.0820 e. The first kappa shape index (κ1) is 10.5. The van der Waals surface area contributed by atoms with E-state index in [0.717, 1.165) is 31.6 Å². The maximum atomic E-state index is 10.2. The van der Waals surface area contributed by atoms with E-state index in [1.807, 2.05) is 24.3 Å². The van der Waals surface area contributed by atoms with Gasteiger partial charge < -0.3 is 15.6 Å². The van der Waals surface area contributed by atoms with Gasteiger partial charge in [0.15, 0.2) is 0 Å². The van der Waals surface area contributed by atoms with Crippen LogP contribution in [0.15, 0.2) is 24.3 Å². The van der Waals surface area contributed by atoms with Crippen molar-refractivity contribution in [2.45, 2.75) is 18.9 Å². The van der Waals surface area contributed by atoms with E-state index >= 15 is 0 Å². The maximum absolute atomic E-state index is 10.2.